The minimum atomic E-state index is 0.460. The predicted molar refractivity (Wildman–Crippen MR) is 88.9 cm³/mol. The van der Waals surface area contributed by atoms with Crippen molar-refractivity contribution in [3.63, 3.8) is 0 Å². The fourth-order valence-corrected chi connectivity index (χ4v) is 2.41. The van der Waals surface area contributed by atoms with Gasteiger partial charge >= 0.3 is 0 Å². The zero-order valence-electron chi connectivity index (χ0n) is 13.0. The van der Waals surface area contributed by atoms with Crippen molar-refractivity contribution in [1.82, 2.24) is 5.32 Å². The van der Waals surface area contributed by atoms with Gasteiger partial charge in [0.05, 0.1) is 6.61 Å². The third-order valence-electron chi connectivity index (χ3n) is 3.57. The summed E-state index contributed by atoms with van der Waals surface area (Å²) in [6.45, 7) is 6.01. The number of hydrogen-bond donors (Lipinski definition) is 1. The average molecular weight is 283 g/mol. The fraction of sp³-hybridized carbons (Fsp3) is 0.368. The van der Waals surface area contributed by atoms with Gasteiger partial charge < -0.3 is 10.1 Å². The van der Waals surface area contributed by atoms with E-state index in [0.29, 0.717) is 6.04 Å². The third-order valence-corrected chi connectivity index (χ3v) is 3.57. The van der Waals surface area contributed by atoms with Gasteiger partial charge in [-0.05, 0) is 44.0 Å². The molecule has 1 atom stereocenters. The van der Waals surface area contributed by atoms with Gasteiger partial charge in [0.2, 0.25) is 0 Å². The molecule has 2 aromatic carbocycles. The van der Waals surface area contributed by atoms with Crippen LogP contribution >= 0.6 is 0 Å². The van der Waals surface area contributed by atoms with E-state index in [1.165, 1.54) is 11.1 Å². The molecule has 0 fully saturated rings. The largest absolute Gasteiger partial charge is 0.494 e. The number of rotatable bonds is 8. The first-order valence-corrected chi connectivity index (χ1v) is 7.74. The van der Waals surface area contributed by atoms with Crippen LogP contribution in [0.15, 0.2) is 54.6 Å². The van der Waals surface area contributed by atoms with Crippen molar-refractivity contribution in [2.45, 2.75) is 32.7 Å². The molecule has 21 heavy (non-hydrogen) atoms. The van der Waals surface area contributed by atoms with E-state index in [4.69, 9.17) is 4.74 Å². The van der Waals surface area contributed by atoms with E-state index in [2.05, 4.69) is 43.4 Å². The molecule has 2 nitrogen and oxygen atoms in total. The lowest BCUT2D eigenvalue weighted by Crippen LogP contribution is -2.32. The van der Waals surface area contributed by atoms with Crippen molar-refractivity contribution in [3.05, 3.63) is 65.7 Å². The van der Waals surface area contributed by atoms with E-state index in [0.717, 1.165) is 31.7 Å². The molecule has 112 valence electrons. The van der Waals surface area contributed by atoms with E-state index in [1.54, 1.807) is 0 Å². The first kappa shape index (κ1) is 15.6. The Morgan fingerprint density at radius 2 is 1.71 bits per heavy atom. The van der Waals surface area contributed by atoms with Gasteiger partial charge in [-0.1, -0.05) is 55.0 Å². The van der Waals surface area contributed by atoms with Gasteiger partial charge in [-0.2, -0.15) is 0 Å². The molecule has 2 rings (SSSR count). The monoisotopic (exact) mass is 283 g/mol. The summed E-state index contributed by atoms with van der Waals surface area (Å²) < 4.78 is 5.80. The Kier molecular flexibility index (Phi) is 6.29. The molecular weight excluding hydrogens is 258 g/mol. The summed E-state index contributed by atoms with van der Waals surface area (Å²) in [4.78, 5) is 0. The van der Waals surface area contributed by atoms with Gasteiger partial charge in [0.15, 0.2) is 0 Å². The highest BCUT2D eigenvalue weighted by Crippen LogP contribution is 2.11. The highest BCUT2D eigenvalue weighted by Gasteiger charge is 2.08. The summed E-state index contributed by atoms with van der Waals surface area (Å²) in [5.41, 5.74) is 2.69. The van der Waals surface area contributed by atoms with Crippen LogP contribution in [0.25, 0.3) is 0 Å². The summed E-state index contributed by atoms with van der Waals surface area (Å²) in [5.74, 6) is 0.947. The second kappa shape index (κ2) is 8.48. The summed E-state index contributed by atoms with van der Waals surface area (Å²) in [6, 6.07) is 19.3. The standard InChI is InChI=1S/C19H25NO/c1-3-20-18(15-17-11-9-16(2)10-12-17)13-14-21-19-7-5-4-6-8-19/h4-12,18,20H,3,13-15H2,1-2H3. The normalized spacial score (nSPS) is 12.1. The Morgan fingerprint density at radius 3 is 2.38 bits per heavy atom. The highest BCUT2D eigenvalue weighted by atomic mass is 16.5. The van der Waals surface area contributed by atoms with Crippen LogP contribution in [0.1, 0.15) is 24.5 Å². The molecule has 0 spiro atoms. The molecule has 2 heteroatoms. The van der Waals surface area contributed by atoms with E-state index in [-0.39, 0.29) is 0 Å². The number of para-hydroxylation sites is 1. The number of ether oxygens (including phenoxy) is 1. The van der Waals surface area contributed by atoms with E-state index in [1.807, 2.05) is 30.3 Å². The van der Waals surface area contributed by atoms with Gasteiger partial charge in [0, 0.05) is 6.04 Å². The second-order valence-electron chi connectivity index (χ2n) is 5.39. The molecule has 0 amide bonds. The summed E-state index contributed by atoms with van der Waals surface area (Å²) in [5, 5.41) is 3.55. The van der Waals surface area contributed by atoms with Crippen LogP contribution in [0.5, 0.6) is 5.75 Å². The number of hydrogen-bond acceptors (Lipinski definition) is 2. The summed E-state index contributed by atoms with van der Waals surface area (Å²) in [6.07, 6.45) is 2.06. The Labute approximate surface area is 128 Å². The van der Waals surface area contributed by atoms with Gasteiger partial charge in [0.1, 0.15) is 5.75 Å². The van der Waals surface area contributed by atoms with Crippen LogP contribution in [0.2, 0.25) is 0 Å². The molecular formula is C19H25NO. The molecule has 0 aromatic heterocycles. The molecule has 0 radical (unpaired) electrons. The lowest BCUT2D eigenvalue weighted by atomic mass is 10.0. The molecule has 0 aliphatic carbocycles. The molecule has 0 saturated carbocycles. The molecule has 2 aromatic rings. The van der Waals surface area contributed by atoms with Crippen LogP contribution < -0.4 is 10.1 Å². The van der Waals surface area contributed by atoms with Gasteiger partial charge in [-0.3, -0.25) is 0 Å². The first-order valence-electron chi connectivity index (χ1n) is 7.74. The van der Waals surface area contributed by atoms with Crippen molar-refractivity contribution in [2.24, 2.45) is 0 Å². The van der Waals surface area contributed by atoms with Gasteiger partial charge in [0.25, 0.3) is 0 Å². The Hall–Kier alpha value is -1.80. The lowest BCUT2D eigenvalue weighted by molar-refractivity contribution is 0.285. The molecule has 0 saturated heterocycles. The topological polar surface area (TPSA) is 21.3 Å². The Balaban J connectivity index is 1.82. The number of benzene rings is 2. The predicted octanol–water partition coefficient (Wildman–Crippen LogP) is 3.98. The number of likely N-dealkylation sites (N-methyl/N-ethyl adjacent to an activating group) is 1. The molecule has 1 unspecified atom stereocenters. The second-order valence-corrected chi connectivity index (χ2v) is 5.39. The summed E-state index contributed by atoms with van der Waals surface area (Å²) in [7, 11) is 0. The minimum Gasteiger partial charge on any atom is -0.494 e. The van der Waals surface area contributed by atoms with Crippen molar-refractivity contribution in [2.75, 3.05) is 13.2 Å². The van der Waals surface area contributed by atoms with Crippen molar-refractivity contribution in [1.29, 1.82) is 0 Å². The van der Waals surface area contributed by atoms with E-state index < -0.39 is 0 Å². The Bertz CT molecular complexity index is 507. The van der Waals surface area contributed by atoms with E-state index >= 15 is 0 Å². The van der Waals surface area contributed by atoms with Gasteiger partial charge in [-0.25, -0.2) is 0 Å². The zero-order chi connectivity index (χ0) is 14.9. The molecule has 0 aliphatic rings. The average Bonchev–Trinajstić information content (AvgIpc) is 2.51. The van der Waals surface area contributed by atoms with E-state index in [9.17, 15) is 0 Å². The number of aryl methyl sites for hydroxylation is 1. The third kappa shape index (κ3) is 5.60. The van der Waals surface area contributed by atoms with Crippen molar-refractivity contribution < 1.29 is 4.74 Å². The quantitative estimate of drug-likeness (QED) is 0.791. The smallest absolute Gasteiger partial charge is 0.119 e. The fourth-order valence-electron chi connectivity index (χ4n) is 2.41. The van der Waals surface area contributed by atoms with Crippen LogP contribution in [0.3, 0.4) is 0 Å². The SMILES string of the molecule is CCNC(CCOc1ccccc1)Cc1ccc(C)cc1. The first-order chi connectivity index (χ1) is 10.3. The maximum absolute atomic E-state index is 5.80. The van der Waals surface area contributed by atoms with Crippen molar-refractivity contribution in [3.8, 4) is 5.75 Å². The molecule has 0 bridgehead atoms. The zero-order valence-corrected chi connectivity index (χ0v) is 13.0. The Morgan fingerprint density at radius 1 is 1.00 bits per heavy atom. The number of nitrogens with one attached hydrogen (secondary N) is 1. The van der Waals surface area contributed by atoms with Crippen molar-refractivity contribution >= 4 is 0 Å². The molecule has 0 aliphatic heterocycles. The van der Waals surface area contributed by atoms with Gasteiger partial charge in [-0.15, -0.1) is 0 Å². The maximum Gasteiger partial charge on any atom is 0.119 e. The minimum absolute atomic E-state index is 0.460. The van der Waals surface area contributed by atoms with Crippen LogP contribution in [-0.4, -0.2) is 19.2 Å². The van der Waals surface area contributed by atoms with Crippen LogP contribution in [0.4, 0.5) is 0 Å². The molecule has 1 N–H and O–H groups in total. The highest BCUT2D eigenvalue weighted by molar-refractivity contribution is 5.22. The molecule has 0 heterocycles. The maximum atomic E-state index is 5.80. The lowest BCUT2D eigenvalue weighted by Gasteiger charge is -2.18. The van der Waals surface area contributed by atoms with Crippen LogP contribution in [0, 0.1) is 6.92 Å². The van der Waals surface area contributed by atoms with Crippen LogP contribution in [-0.2, 0) is 6.42 Å². The summed E-state index contributed by atoms with van der Waals surface area (Å²) >= 11 is 0.